The van der Waals surface area contributed by atoms with Crippen LogP contribution >= 0.6 is 0 Å². The summed E-state index contributed by atoms with van der Waals surface area (Å²) in [5.74, 6) is -0.988. The van der Waals surface area contributed by atoms with Crippen LogP contribution in [0.2, 0.25) is 0 Å². The van der Waals surface area contributed by atoms with Crippen LogP contribution in [0.5, 0.6) is 0 Å². The molecule has 3 unspecified atom stereocenters. The van der Waals surface area contributed by atoms with Crippen LogP contribution in [0, 0.1) is 5.92 Å². The maximum Gasteiger partial charge on any atom is 0.192 e. The summed E-state index contributed by atoms with van der Waals surface area (Å²) in [7, 11) is 3.38. The first-order valence-electron chi connectivity index (χ1n) is 4.57. The van der Waals surface area contributed by atoms with Gasteiger partial charge < -0.3 is 15.2 Å². The summed E-state index contributed by atoms with van der Waals surface area (Å²) < 4.78 is 5.14. The van der Waals surface area contributed by atoms with Crippen LogP contribution in [-0.4, -0.2) is 30.6 Å². The van der Waals surface area contributed by atoms with Gasteiger partial charge in [0, 0.05) is 7.11 Å². The van der Waals surface area contributed by atoms with E-state index in [1.165, 1.54) is 0 Å². The Morgan fingerprint density at radius 1 is 1.62 bits per heavy atom. The van der Waals surface area contributed by atoms with E-state index in [4.69, 9.17) is 4.74 Å². The Hall–Kier alpha value is -0.380. The van der Waals surface area contributed by atoms with E-state index in [2.05, 4.69) is 5.32 Å². The Morgan fingerprint density at radius 2 is 2.15 bits per heavy atom. The molecule has 1 saturated carbocycles. The molecular weight excluding hydrogens is 166 g/mol. The number of likely N-dealkylation sites (N-methyl/N-ethyl adjacent to an activating group) is 1. The lowest BCUT2D eigenvalue weighted by Crippen LogP contribution is -2.36. The van der Waals surface area contributed by atoms with E-state index < -0.39 is 5.79 Å². The summed E-state index contributed by atoms with van der Waals surface area (Å²) >= 11 is 0. The minimum absolute atomic E-state index is 0.0556. The molecule has 1 rings (SSSR count). The van der Waals surface area contributed by atoms with Gasteiger partial charge in [-0.2, -0.15) is 0 Å². The van der Waals surface area contributed by atoms with Crippen LogP contribution in [0.3, 0.4) is 0 Å². The topological polar surface area (TPSA) is 41.5 Å². The molecule has 1 fully saturated rings. The monoisotopic (exact) mass is 185 g/mol. The van der Waals surface area contributed by atoms with Crippen LogP contribution in [0.1, 0.15) is 20.8 Å². The summed E-state index contributed by atoms with van der Waals surface area (Å²) in [4.78, 5) is 0. The van der Waals surface area contributed by atoms with Crippen molar-refractivity contribution in [1.29, 1.82) is 0 Å². The number of hydrogen-bond donors (Lipinski definition) is 2. The molecule has 0 amide bonds. The van der Waals surface area contributed by atoms with Crippen molar-refractivity contribution >= 4 is 0 Å². The smallest absolute Gasteiger partial charge is 0.192 e. The largest absolute Gasteiger partial charge is 0.363 e. The molecule has 0 saturated heterocycles. The van der Waals surface area contributed by atoms with E-state index in [9.17, 15) is 5.11 Å². The average molecular weight is 185 g/mol. The van der Waals surface area contributed by atoms with E-state index in [1.807, 2.05) is 33.9 Å². The molecule has 3 atom stereocenters. The van der Waals surface area contributed by atoms with Crippen molar-refractivity contribution in [2.24, 2.45) is 5.92 Å². The Bertz CT molecular complexity index is 223. The molecule has 1 aliphatic rings. The Kier molecular flexibility index (Phi) is 2.54. The molecule has 3 nitrogen and oxygen atoms in total. The lowest BCUT2D eigenvalue weighted by atomic mass is 10.1. The van der Waals surface area contributed by atoms with E-state index in [0.717, 1.165) is 5.57 Å². The summed E-state index contributed by atoms with van der Waals surface area (Å²) in [5, 5.41) is 13.2. The van der Waals surface area contributed by atoms with Gasteiger partial charge in [-0.15, -0.1) is 0 Å². The molecular formula is C10H19NO2. The Morgan fingerprint density at radius 3 is 2.38 bits per heavy atom. The third kappa shape index (κ3) is 1.15. The predicted molar refractivity (Wildman–Crippen MR) is 52.3 cm³/mol. The second-order valence-corrected chi connectivity index (χ2v) is 3.82. The molecule has 0 heterocycles. The summed E-state index contributed by atoms with van der Waals surface area (Å²) in [6, 6.07) is 0. The SMILES string of the molecule is C/C=C(\C)C1C(C)(NC)C1(O)OC. The molecule has 76 valence electrons. The van der Waals surface area contributed by atoms with Crippen LogP contribution in [0.4, 0.5) is 0 Å². The fourth-order valence-corrected chi connectivity index (χ4v) is 2.15. The van der Waals surface area contributed by atoms with Crippen molar-refractivity contribution in [3.05, 3.63) is 11.6 Å². The highest BCUT2D eigenvalue weighted by molar-refractivity contribution is 5.34. The van der Waals surface area contributed by atoms with Gasteiger partial charge in [0.25, 0.3) is 0 Å². The molecule has 0 aromatic heterocycles. The molecule has 0 spiro atoms. The molecule has 3 heteroatoms. The van der Waals surface area contributed by atoms with Gasteiger partial charge in [-0.1, -0.05) is 11.6 Å². The van der Waals surface area contributed by atoms with Crippen molar-refractivity contribution < 1.29 is 9.84 Å². The minimum atomic E-state index is -1.04. The van der Waals surface area contributed by atoms with Gasteiger partial charge in [-0.05, 0) is 27.8 Å². The van der Waals surface area contributed by atoms with Gasteiger partial charge in [0.15, 0.2) is 5.79 Å². The molecule has 0 aromatic carbocycles. The maximum absolute atomic E-state index is 10.1. The van der Waals surface area contributed by atoms with Crippen LogP contribution in [0.25, 0.3) is 0 Å². The molecule has 0 bridgehead atoms. The zero-order valence-corrected chi connectivity index (χ0v) is 9.01. The van der Waals surface area contributed by atoms with Crippen LogP contribution in [-0.2, 0) is 4.74 Å². The highest BCUT2D eigenvalue weighted by Gasteiger charge is 2.75. The first kappa shape index (κ1) is 10.7. The van der Waals surface area contributed by atoms with Crippen molar-refractivity contribution in [3.63, 3.8) is 0 Å². The summed E-state index contributed by atoms with van der Waals surface area (Å²) in [6.07, 6.45) is 2.01. The first-order chi connectivity index (χ1) is 5.97. The number of nitrogens with one attached hydrogen (secondary N) is 1. The standard InChI is InChI=1S/C10H19NO2/c1-6-7(2)8-9(3,11-4)10(8,12)13-5/h6,8,11-12H,1-5H3/b7-6+. The van der Waals surface area contributed by atoms with E-state index in [-0.39, 0.29) is 11.5 Å². The third-order valence-corrected chi connectivity index (χ3v) is 3.37. The van der Waals surface area contributed by atoms with Crippen molar-refractivity contribution in [2.45, 2.75) is 32.1 Å². The fourth-order valence-electron chi connectivity index (χ4n) is 2.15. The van der Waals surface area contributed by atoms with Crippen LogP contribution < -0.4 is 5.32 Å². The van der Waals surface area contributed by atoms with Crippen molar-refractivity contribution in [2.75, 3.05) is 14.2 Å². The van der Waals surface area contributed by atoms with Crippen molar-refractivity contribution in [1.82, 2.24) is 5.32 Å². The zero-order chi connectivity index (χ0) is 10.3. The number of methoxy groups -OCH3 is 1. The average Bonchev–Trinajstić information content (AvgIpc) is 2.65. The second kappa shape index (κ2) is 3.08. The Labute approximate surface area is 79.8 Å². The van der Waals surface area contributed by atoms with E-state index in [0.29, 0.717) is 0 Å². The zero-order valence-electron chi connectivity index (χ0n) is 9.01. The summed E-state index contributed by atoms with van der Waals surface area (Å²) in [5.41, 5.74) is 0.805. The predicted octanol–water partition coefficient (Wildman–Crippen LogP) is 0.895. The Balaban J connectivity index is 2.92. The summed E-state index contributed by atoms with van der Waals surface area (Å²) in [6.45, 7) is 5.95. The van der Waals surface area contributed by atoms with Gasteiger partial charge in [0.05, 0.1) is 11.5 Å². The first-order valence-corrected chi connectivity index (χ1v) is 4.57. The maximum atomic E-state index is 10.1. The van der Waals surface area contributed by atoms with Crippen molar-refractivity contribution in [3.8, 4) is 0 Å². The highest BCUT2D eigenvalue weighted by atomic mass is 16.6. The number of ether oxygens (including phenoxy) is 1. The normalized spacial score (nSPS) is 45.1. The number of rotatable bonds is 3. The second-order valence-electron chi connectivity index (χ2n) is 3.82. The lowest BCUT2D eigenvalue weighted by Gasteiger charge is -2.13. The number of aliphatic hydroxyl groups is 1. The molecule has 0 radical (unpaired) electrons. The number of allylic oxidation sites excluding steroid dienone is 1. The van der Waals surface area contributed by atoms with E-state index >= 15 is 0 Å². The molecule has 13 heavy (non-hydrogen) atoms. The molecule has 2 N–H and O–H groups in total. The quantitative estimate of drug-likeness (QED) is 0.507. The molecule has 1 aliphatic carbocycles. The third-order valence-electron chi connectivity index (χ3n) is 3.37. The lowest BCUT2D eigenvalue weighted by molar-refractivity contribution is -0.126. The van der Waals surface area contributed by atoms with E-state index in [1.54, 1.807) is 7.11 Å². The minimum Gasteiger partial charge on any atom is -0.363 e. The molecule has 0 aliphatic heterocycles. The molecule has 0 aromatic rings. The highest BCUT2D eigenvalue weighted by Crippen LogP contribution is 2.57. The fraction of sp³-hybridized carbons (Fsp3) is 0.800. The van der Waals surface area contributed by atoms with Gasteiger partial charge in [-0.25, -0.2) is 0 Å². The van der Waals surface area contributed by atoms with Gasteiger partial charge >= 0.3 is 0 Å². The van der Waals surface area contributed by atoms with Gasteiger partial charge in [0.1, 0.15) is 0 Å². The van der Waals surface area contributed by atoms with Gasteiger partial charge in [0.2, 0.25) is 0 Å². The van der Waals surface area contributed by atoms with Crippen LogP contribution in [0.15, 0.2) is 11.6 Å². The van der Waals surface area contributed by atoms with Gasteiger partial charge in [-0.3, -0.25) is 0 Å². The number of hydrogen-bond acceptors (Lipinski definition) is 3.